The number of hydrogen-bond donors (Lipinski definition) is 0. The van der Waals surface area contributed by atoms with Crippen LogP contribution in [0.2, 0.25) is 11.9 Å². The number of hydrogen-bond acceptors (Lipinski definition) is 0. The van der Waals surface area contributed by atoms with Gasteiger partial charge in [-0.1, -0.05) is 0 Å². The summed E-state index contributed by atoms with van der Waals surface area (Å²) < 4.78 is 4.19. The molecule has 0 atom stereocenters. The van der Waals surface area contributed by atoms with Gasteiger partial charge >= 0.3 is 83.7 Å². The van der Waals surface area contributed by atoms with E-state index in [1.54, 1.807) is 0 Å². The van der Waals surface area contributed by atoms with E-state index in [2.05, 4.69) is 53.2 Å². The molecule has 0 nitrogen and oxygen atoms in total. The monoisotopic (exact) mass is 236 g/mol. The van der Waals surface area contributed by atoms with Crippen molar-refractivity contribution in [3.05, 3.63) is 48.6 Å². The van der Waals surface area contributed by atoms with Crippen molar-refractivity contribution < 1.29 is 23.2 Å². The zero-order valence-electron chi connectivity index (χ0n) is 8.27. The Hall–Kier alpha value is -0.157. The molecular weight excluding hydrogens is 223 g/mol. The summed E-state index contributed by atoms with van der Waals surface area (Å²) in [5.41, 5.74) is 0. The van der Waals surface area contributed by atoms with E-state index in [1.807, 2.05) is 0 Å². The van der Waals surface area contributed by atoms with E-state index >= 15 is 0 Å². The third-order valence-electron chi connectivity index (χ3n) is 2.55. The van der Waals surface area contributed by atoms with E-state index in [0.717, 1.165) is 7.25 Å². The summed E-state index contributed by atoms with van der Waals surface area (Å²) >= 11 is -1.22. The quantitative estimate of drug-likeness (QED) is 0.688. The molecule has 2 aliphatic carbocycles. The fourth-order valence-electron chi connectivity index (χ4n) is 1.69. The van der Waals surface area contributed by atoms with Crippen LogP contribution in [0, 0.1) is 0 Å². The zero-order chi connectivity index (χ0) is 8.39. The maximum Gasteiger partial charge on any atom is 1.00 e. The summed E-state index contributed by atoms with van der Waals surface area (Å²) in [5, 5.41) is 0. The molecule has 0 aromatic carbocycles. The number of allylic oxidation sites excluding steroid dienone is 8. The van der Waals surface area contributed by atoms with Crippen molar-refractivity contribution in [3.8, 4) is 0 Å². The molecule has 0 saturated heterocycles. The third kappa shape index (κ3) is 1.61. The second-order valence-electron chi connectivity index (χ2n) is 3.34. The molecule has 0 fully saturated rings. The van der Waals surface area contributed by atoms with Crippen LogP contribution in [0.5, 0.6) is 0 Å². The Morgan fingerprint density at radius 2 is 1.17 bits per heavy atom. The third-order valence-corrected chi connectivity index (χ3v) is 9.61. The van der Waals surface area contributed by atoms with Crippen LogP contribution in [0.3, 0.4) is 0 Å². The van der Waals surface area contributed by atoms with E-state index in [1.165, 1.54) is 0 Å². The van der Waals surface area contributed by atoms with Gasteiger partial charge in [-0.3, -0.25) is 0 Å². The standard InChI is InChI=1S/2C5H5.CH3.Zr/c2*1-2-4-5-3-1;;/h2*1-5H;1H3;/p+1. The molecule has 0 radical (unpaired) electrons. The minimum absolute atomic E-state index is 0. The minimum Gasteiger partial charge on any atom is 1.00 e. The summed E-state index contributed by atoms with van der Waals surface area (Å²) in [6.07, 6.45) is 18.2. The SMILES string of the molecule is [CH3][Zr]([CH]1C=CC=C1)[CH]1C=CC=C1.[H+]. The summed E-state index contributed by atoms with van der Waals surface area (Å²) in [5.74, 6) is 0. The van der Waals surface area contributed by atoms with Gasteiger partial charge in [-0.2, -0.15) is 0 Å². The summed E-state index contributed by atoms with van der Waals surface area (Å²) in [4.78, 5) is 0. The van der Waals surface area contributed by atoms with Crippen LogP contribution >= 0.6 is 0 Å². The first kappa shape index (κ1) is 8.44. The fraction of sp³-hybridized carbons (Fsp3) is 0.273. The van der Waals surface area contributed by atoms with Crippen LogP contribution in [-0.2, 0) is 21.8 Å². The van der Waals surface area contributed by atoms with Crippen LogP contribution in [-0.4, -0.2) is 0 Å². The molecule has 0 aliphatic heterocycles. The Kier molecular flexibility index (Phi) is 2.61. The van der Waals surface area contributed by atoms with Gasteiger partial charge in [-0.25, -0.2) is 0 Å². The molecule has 0 saturated carbocycles. The van der Waals surface area contributed by atoms with Gasteiger partial charge in [0.25, 0.3) is 0 Å². The second-order valence-corrected chi connectivity index (χ2v) is 10.3. The molecule has 0 spiro atoms. The molecule has 0 aromatic heterocycles. The average molecular weight is 237 g/mol. The fourth-order valence-corrected chi connectivity index (χ4v) is 6.86. The molecule has 0 N–H and O–H groups in total. The molecule has 0 aromatic rings. The average Bonchev–Trinajstić information content (AvgIpc) is 2.77. The van der Waals surface area contributed by atoms with E-state index < -0.39 is 21.8 Å². The molecule has 0 bridgehead atoms. The van der Waals surface area contributed by atoms with Gasteiger partial charge in [-0.15, -0.1) is 0 Å². The molecule has 2 rings (SSSR count). The smallest absolute Gasteiger partial charge is 1.00 e. The van der Waals surface area contributed by atoms with Gasteiger partial charge in [0.05, 0.1) is 0 Å². The second kappa shape index (κ2) is 3.70. The normalized spacial score (nSPS) is 21.4. The molecule has 1 heteroatoms. The van der Waals surface area contributed by atoms with Crippen molar-refractivity contribution in [2.75, 3.05) is 0 Å². The summed E-state index contributed by atoms with van der Waals surface area (Å²) in [7, 11) is 0. The molecule has 12 heavy (non-hydrogen) atoms. The minimum atomic E-state index is -1.22. The van der Waals surface area contributed by atoms with Crippen molar-refractivity contribution >= 4 is 0 Å². The molecule has 0 unspecified atom stereocenters. The molecule has 61 valence electrons. The van der Waals surface area contributed by atoms with Crippen LogP contribution < -0.4 is 0 Å². The van der Waals surface area contributed by atoms with Gasteiger partial charge < -0.3 is 0 Å². The molecular formula is C11H14Zr+. The molecule has 0 amide bonds. The summed E-state index contributed by atoms with van der Waals surface area (Å²) in [6.45, 7) is 0. The largest absolute Gasteiger partial charge is 1.00 e. The van der Waals surface area contributed by atoms with E-state index in [4.69, 9.17) is 0 Å². The van der Waals surface area contributed by atoms with Gasteiger partial charge in [-0.05, 0) is 0 Å². The maximum absolute atomic E-state index is 2.51. The van der Waals surface area contributed by atoms with Crippen molar-refractivity contribution in [1.29, 1.82) is 0 Å². The maximum atomic E-state index is 2.51. The van der Waals surface area contributed by atoms with Crippen molar-refractivity contribution in [2.24, 2.45) is 0 Å². The number of rotatable bonds is 2. The zero-order valence-corrected chi connectivity index (χ0v) is 9.73. The molecule has 2 aliphatic rings. The van der Waals surface area contributed by atoms with Crippen LogP contribution in [0.25, 0.3) is 0 Å². The first-order valence-corrected chi connectivity index (χ1v) is 9.71. The first-order valence-electron chi connectivity index (χ1n) is 4.41. The Morgan fingerprint density at radius 3 is 1.50 bits per heavy atom. The Labute approximate surface area is 83.5 Å². The first-order chi connectivity index (χ1) is 5.88. The Morgan fingerprint density at radius 1 is 0.833 bits per heavy atom. The van der Waals surface area contributed by atoms with Crippen molar-refractivity contribution in [1.82, 2.24) is 0 Å². The predicted molar refractivity (Wildman–Crippen MR) is 51.0 cm³/mol. The van der Waals surface area contributed by atoms with Crippen LogP contribution in [0.4, 0.5) is 0 Å². The van der Waals surface area contributed by atoms with E-state index in [0.29, 0.717) is 0 Å². The van der Waals surface area contributed by atoms with Gasteiger partial charge in [0, 0.05) is 0 Å². The predicted octanol–water partition coefficient (Wildman–Crippen LogP) is 3.59. The van der Waals surface area contributed by atoms with Crippen molar-refractivity contribution in [2.45, 2.75) is 11.9 Å². The van der Waals surface area contributed by atoms with Crippen molar-refractivity contribution in [3.63, 3.8) is 0 Å². The van der Waals surface area contributed by atoms with E-state index in [9.17, 15) is 0 Å². The Bertz CT molecular complexity index is 224. The van der Waals surface area contributed by atoms with E-state index in [-0.39, 0.29) is 1.43 Å². The summed E-state index contributed by atoms with van der Waals surface area (Å²) in [6, 6.07) is 0. The van der Waals surface area contributed by atoms with Gasteiger partial charge in [0.1, 0.15) is 0 Å². The Balaban J connectivity index is 0.000000845. The topological polar surface area (TPSA) is 0 Å². The van der Waals surface area contributed by atoms with Crippen LogP contribution in [0.15, 0.2) is 48.6 Å². The van der Waals surface area contributed by atoms with Gasteiger partial charge in [0.15, 0.2) is 0 Å². The van der Waals surface area contributed by atoms with Gasteiger partial charge in [0.2, 0.25) is 0 Å². The van der Waals surface area contributed by atoms with Crippen LogP contribution in [0.1, 0.15) is 1.43 Å². The molecule has 0 heterocycles.